The molecule has 90 valence electrons. The summed E-state index contributed by atoms with van der Waals surface area (Å²) in [5, 5.41) is 9.74. The second-order valence-electron chi connectivity index (χ2n) is 4.95. The molecule has 0 aromatic heterocycles. The third kappa shape index (κ3) is 1.78. The Bertz CT molecular complexity index is 480. The van der Waals surface area contributed by atoms with E-state index >= 15 is 0 Å². The zero-order chi connectivity index (χ0) is 12.2. The number of benzene rings is 1. The predicted molar refractivity (Wildman–Crippen MR) is 67.3 cm³/mol. The van der Waals surface area contributed by atoms with Crippen molar-refractivity contribution in [1.82, 2.24) is 0 Å². The number of carboxylic acid groups (broad SMARTS) is 1. The lowest BCUT2D eigenvalue weighted by Gasteiger charge is -2.42. The van der Waals surface area contributed by atoms with E-state index in [4.69, 9.17) is 28.3 Å². The average molecular weight is 272 g/mol. The van der Waals surface area contributed by atoms with Crippen molar-refractivity contribution < 1.29 is 9.90 Å². The van der Waals surface area contributed by atoms with Crippen LogP contribution in [0.5, 0.6) is 0 Å². The van der Waals surface area contributed by atoms with Gasteiger partial charge < -0.3 is 10.0 Å². The minimum absolute atomic E-state index is 0.130. The van der Waals surface area contributed by atoms with Crippen LogP contribution in [-0.2, 0) is 0 Å². The van der Waals surface area contributed by atoms with Crippen LogP contribution in [0.2, 0.25) is 10.0 Å². The Kier molecular flexibility index (Phi) is 2.32. The van der Waals surface area contributed by atoms with E-state index in [0.717, 1.165) is 18.8 Å². The van der Waals surface area contributed by atoms with Crippen LogP contribution >= 0.6 is 23.2 Å². The molecule has 1 saturated heterocycles. The molecule has 3 rings (SSSR count). The van der Waals surface area contributed by atoms with Gasteiger partial charge in [-0.25, -0.2) is 4.79 Å². The third-order valence-corrected chi connectivity index (χ3v) is 4.17. The molecule has 1 aromatic carbocycles. The molecule has 1 aliphatic heterocycles. The van der Waals surface area contributed by atoms with E-state index in [-0.39, 0.29) is 5.56 Å². The average Bonchev–Trinajstić information content (AvgIpc) is 2.95. The van der Waals surface area contributed by atoms with E-state index in [1.54, 1.807) is 0 Å². The molecule has 3 nitrogen and oxygen atoms in total. The van der Waals surface area contributed by atoms with E-state index < -0.39 is 5.97 Å². The monoisotopic (exact) mass is 271 g/mol. The van der Waals surface area contributed by atoms with Gasteiger partial charge in [-0.2, -0.15) is 0 Å². The van der Waals surface area contributed by atoms with Gasteiger partial charge in [0.05, 0.1) is 21.3 Å². The van der Waals surface area contributed by atoms with Gasteiger partial charge in [-0.05, 0) is 25.0 Å². The maximum atomic E-state index is 10.9. The van der Waals surface area contributed by atoms with Crippen molar-refractivity contribution in [3.63, 3.8) is 0 Å². The van der Waals surface area contributed by atoms with Crippen LogP contribution in [0.15, 0.2) is 12.1 Å². The van der Waals surface area contributed by atoms with Crippen molar-refractivity contribution in [3.8, 4) is 0 Å². The van der Waals surface area contributed by atoms with Gasteiger partial charge in [0, 0.05) is 18.5 Å². The van der Waals surface area contributed by atoms with Crippen LogP contribution in [0.4, 0.5) is 5.69 Å². The molecular weight excluding hydrogens is 261 g/mol. The van der Waals surface area contributed by atoms with Gasteiger partial charge in [-0.1, -0.05) is 23.2 Å². The molecule has 0 unspecified atom stereocenters. The molecule has 0 atom stereocenters. The summed E-state index contributed by atoms with van der Waals surface area (Å²) in [6.07, 6.45) is 2.57. The number of nitrogens with zero attached hydrogens (tertiary/aromatic N) is 1. The molecule has 0 amide bonds. The topological polar surface area (TPSA) is 40.5 Å². The van der Waals surface area contributed by atoms with Crippen LogP contribution in [0.25, 0.3) is 0 Å². The van der Waals surface area contributed by atoms with Crippen molar-refractivity contribution in [2.24, 2.45) is 5.41 Å². The highest BCUT2D eigenvalue weighted by Gasteiger charge is 2.52. The molecule has 17 heavy (non-hydrogen) atoms. The minimum atomic E-state index is -1.01. The van der Waals surface area contributed by atoms with Crippen LogP contribution in [0, 0.1) is 5.41 Å². The highest BCUT2D eigenvalue weighted by molar-refractivity contribution is 6.39. The van der Waals surface area contributed by atoms with Gasteiger partial charge in [-0.15, -0.1) is 0 Å². The molecule has 1 aliphatic carbocycles. The Morgan fingerprint density at radius 1 is 1.24 bits per heavy atom. The lowest BCUT2D eigenvalue weighted by molar-refractivity contribution is 0.0697. The van der Waals surface area contributed by atoms with Gasteiger partial charge >= 0.3 is 5.97 Å². The van der Waals surface area contributed by atoms with E-state index in [0.29, 0.717) is 15.5 Å². The van der Waals surface area contributed by atoms with E-state index in [1.807, 2.05) is 0 Å². The molecule has 2 aliphatic rings. The Hall–Kier alpha value is -0.930. The first-order chi connectivity index (χ1) is 8.01. The van der Waals surface area contributed by atoms with E-state index in [9.17, 15) is 4.79 Å². The maximum absolute atomic E-state index is 10.9. The van der Waals surface area contributed by atoms with Crippen LogP contribution in [0.3, 0.4) is 0 Å². The number of anilines is 1. The van der Waals surface area contributed by atoms with Crippen molar-refractivity contribution in [2.45, 2.75) is 12.8 Å². The van der Waals surface area contributed by atoms with Crippen molar-refractivity contribution >= 4 is 34.9 Å². The molecule has 1 saturated carbocycles. The molecule has 0 radical (unpaired) electrons. The molecule has 0 bridgehead atoms. The number of carbonyl (C=O) groups is 1. The van der Waals surface area contributed by atoms with Crippen molar-refractivity contribution in [2.75, 3.05) is 18.0 Å². The summed E-state index contributed by atoms with van der Waals surface area (Å²) >= 11 is 12.2. The normalized spacial score (nSPS) is 20.2. The van der Waals surface area contributed by atoms with Gasteiger partial charge in [0.15, 0.2) is 0 Å². The highest BCUT2D eigenvalue weighted by Crippen LogP contribution is 2.55. The summed E-state index contributed by atoms with van der Waals surface area (Å²) in [5.41, 5.74) is 1.42. The van der Waals surface area contributed by atoms with Gasteiger partial charge in [0.1, 0.15) is 0 Å². The second kappa shape index (κ2) is 3.53. The standard InChI is InChI=1S/C12H11Cl2NO2/c13-8-3-7(11(16)17)4-9(14)10(8)15-5-12(6-15)1-2-12/h3-4H,1-2,5-6H2,(H,16,17). The molecule has 1 N–H and O–H groups in total. The van der Waals surface area contributed by atoms with Crippen LogP contribution in [0.1, 0.15) is 23.2 Å². The summed E-state index contributed by atoms with van der Waals surface area (Å²) in [6.45, 7) is 1.97. The molecule has 1 heterocycles. The summed E-state index contributed by atoms with van der Waals surface area (Å²) in [6, 6.07) is 2.92. The molecule has 5 heteroatoms. The van der Waals surface area contributed by atoms with Crippen molar-refractivity contribution in [3.05, 3.63) is 27.7 Å². The molecular formula is C12H11Cl2NO2. The fourth-order valence-corrected chi connectivity index (χ4v) is 3.13. The van der Waals surface area contributed by atoms with E-state index in [1.165, 1.54) is 25.0 Å². The van der Waals surface area contributed by atoms with Crippen LogP contribution in [-0.4, -0.2) is 24.2 Å². The fraction of sp³-hybridized carbons (Fsp3) is 0.417. The summed E-state index contributed by atoms with van der Waals surface area (Å²) < 4.78 is 0. The number of halogens is 2. The number of rotatable bonds is 2. The SMILES string of the molecule is O=C(O)c1cc(Cl)c(N2CC3(CC3)C2)c(Cl)c1. The number of hydrogen-bond donors (Lipinski definition) is 1. The first kappa shape index (κ1) is 11.2. The molecule has 1 spiro atoms. The number of hydrogen-bond acceptors (Lipinski definition) is 2. The Morgan fingerprint density at radius 3 is 2.18 bits per heavy atom. The zero-order valence-electron chi connectivity index (χ0n) is 9.04. The lowest BCUT2D eigenvalue weighted by Crippen LogP contribution is -2.48. The quantitative estimate of drug-likeness (QED) is 0.898. The maximum Gasteiger partial charge on any atom is 0.335 e. The second-order valence-corrected chi connectivity index (χ2v) is 5.76. The summed E-state index contributed by atoms with van der Waals surface area (Å²) in [7, 11) is 0. The molecule has 1 aromatic rings. The predicted octanol–water partition coefficient (Wildman–Crippen LogP) is 3.29. The summed E-state index contributed by atoms with van der Waals surface area (Å²) in [5.74, 6) is -1.01. The smallest absolute Gasteiger partial charge is 0.335 e. The van der Waals surface area contributed by atoms with Gasteiger partial charge in [-0.3, -0.25) is 0 Å². The fourth-order valence-electron chi connectivity index (χ4n) is 2.41. The zero-order valence-corrected chi connectivity index (χ0v) is 10.6. The van der Waals surface area contributed by atoms with Crippen molar-refractivity contribution in [1.29, 1.82) is 0 Å². The van der Waals surface area contributed by atoms with E-state index in [2.05, 4.69) is 4.90 Å². The van der Waals surface area contributed by atoms with Gasteiger partial charge in [0.2, 0.25) is 0 Å². The summed E-state index contributed by atoms with van der Waals surface area (Å²) in [4.78, 5) is 13.0. The lowest BCUT2D eigenvalue weighted by atomic mass is 9.96. The first-order valence-corrected chi connectivity index (χ1v) is 6.24. The Balaban J connectivity index is 1.92. The first-order valence-electron chi connectivity index (χ1n) is 5.48. The Labute approximate surface area is 109 Å². The largest absolute Gasteiger partial charge is 0.478 e. The number of carboxylic acids is 1. The Morgan fingerprint density at radius 2 is 1.76 bits per heavy atom. The third-order valence-electron chi connectivity index (χ3n) is 3.59. The highest BCUT2D eigenvalue weighted by atomic mass is 35.5. The van der Waals surface area contributed by atoms with Crippen LogP contribution < -0.4 is 4.90 Å². The molecule has 2 fully saturated rings. The van der Waals surface area contributed by atoms with Gasteiger partial charge in [0.25, 0.3) is 0 Å². The number of aromatic carboxylic acids is 1. The minimum Gasteiger partial charge on any atom is -0.478 e.